The third-order valence-corrected chi connectivity index (χ3v) is 3.69. The van der Waals surface area contributed by atoms with Crippen LogP contribution in [0.4, 0.5) is 13.2 Å². The minimum absolute atomic E-state index is 0.512. The van der Waals surface area contributed by atoms with E-state index in [0.29, 0.717) is 5.69 Å². The lowest BCUT2D eigenvalue weighted by atomic mass is 10.0. The van der Waals surface area contributed by atoms with Crippen LogP contribution in [0, 0.1) is 6.92 Å². The molecule has 8 heteroatoms. The average molecular weight is 348 g/mol. The van der Waals surface area contributed by atoms with Crippen LogP contribution in [0.1, 0.15) is 5.69 Å². The number of aliphatic hydroxyl groups excluding tert-OH is 1. The molecule has 0 fully saturated rings. The van der Waals surface area contributed by atoms with Crippen molar-refractivity contribution in [2.24, 2.45) is 0 Å². The Balaban J connectivity index is 1.86. The Morgan fingerprint density at radius 1 is 1.12 bits per heavy atom. The van der Waals surface area contributed by atoms with Crippen LogP contribution in [0.15, 0.2) is 48.9 Å². The molecule has 0 radical (unpaired) electrons. The van der Waals surface area contributed by atoms with Gasteiger partial charge in [-0.25, -0.2) is 0 Å². The van der Waals surface area contributed by atoms with Gasteiger partial charge in [0.25, 0.3) is 0 Å². The molecule has 0 bridgehead atoms. The van der Waals surface area contributed by atoms with Gasteiger partial charge in [-0.3, -0.25) is 14.6 Å². The first-order chi connectivity index (χ1) is 11.8. The predicted octanol–water partition coefficient (Wildman–Crippen LogP) is 3.24. The number of benzene rings is 1. The van der Waals surface area contributed by atoms with Crippen LogP contribution >= 0.6 is 0 Å². The highest BCUT2D eigenvalue weighted by Gasteiger charge is 2.38. The van der Waals surface area contributed by atoms with E-state index < -0.39 is 18.8 Å². The second-order valence-electron chi connectivity index (χ2n) is 5.55. The van der Waals surface area contributed by atoms with Crippen LogP contribution in [0.25, 0.3) is 22.5 Å². The number of halogens is 3. The highest BCUT2D eigenvalue weighted by Crippen LogP contribution is 2.26. The smallest absolute Gasteiger partial charge is 0.382 e. The summed E-state index contributed by atoms with van der Waals surface area (Å²) < 4.78 is 38.4. The molecule has 3 aromatic rings. The Hall–Kier alpha value is -2.74. The maximum Gasteiger partial charge on any atom is 0.416 e. The Kier molecular flexibility index (Phi) is 4.54. The third kappa shape index (κ3) is 3.85. The fraction of sp³-hybridized carbons (Fsp3) is 0.235. The van der Waals surface area contributed by atoms with Crippen LogP contribution < -0.4 is 0 Å². The lowest BCUT2D eigenvalue weighted by molar-refractivity contribution is -0.208. The minimum Gasteiger partial charge on any atom is -0.382 e. The molecule has 130 valence electrons. The number of hydrogen-bond acceptors (Lipinski definition) is 4. The number of rotatable bonds is 4. The second-order valence-corrected chi connectivity index (χ2v) is 5.55. The molecule has 0 aliphatic heterocycles. The van der Waals surface area contributed by atoms with Crippen molar-refractivity contribution in [2.75, 3.05) is 0 Å². The highest BCUT2D eigenvalue weighted by molar-refractivity contribution is 5.70. The molecule has 25 heavy (non-hydrogen) atoms. The standard InChI is InChI=1S/C17H15F3N4O/c1-11-16(22-7-6-21-11)13-4-2-3-12(9-13)14-5-8-24(23-14)10-15(25)17(18,19)20/h2-9,15,25H,10H2,1H3. The summed E-state index contributed by atoms with van der Waals surface area (Å²) in [5.41, 5.74) is 3.60. The van der Waals surface area contributed by atoms with E-state index in [-0.39, 0.29) is 0 Å². The maximum absolute atomic E-state index is 12.4. The zero-order chi connectivity index (χ0) is 18.0. The van der Waals surface area contributed by atoms with Crippen molar-refractivity contribution < 1.29 is 18.3 Å². The molecule has 0 aliphatic rings. The first kappa shape index (κ1) is 17.1. The van der Waals surface area contributed by atoms with Crippen molar-refractivity contribution in [3.05, 3.63) is 54.6 Å². The molecule has 0 spiro atoms. The first-order valence-corrected chi connectivity index (χ1v) is 7.51. The fourth-order valence-electron chi connectivity index (χ4n) is 2.41. The van der Waals surface area contributed by atoms with Crippen molar-refractivity contribution in [1.82, 2.24) is 19.7 Å². The van der Waals surface area contributed by atoms with Crippen molar-refractivity contribution in [3.8, 4) is 22.5 Å². The van der Waals surface area contributed by atoms with Crippen molar-refractivity contribution in [1.29, 1.82) is 0 Å². The molecule has 2 heterocycles. The zero-order valence-electron chi connectivity index (χ0n) is 13.3. The van der Waals surface area contributed by atoms with E-state index in [1.807, 2.05) is 31.2 Å². The number of alkyl halides is 3. The molecule has 1 atom stereocenters. The molecule has 0 aliphatic carbocycles. The van der Waals surface area contributed by atoms with Gasteiger partial charge in [0.1, 0.15) is 0 Å². The van der Waals surface area contributed by atoms with Gasteiger partial charge in [-0.1, -0.05) is 18.2 Å². The third-order valence-electron chi connectivity index (χ3n) is 3.69. The van der Waals surface area contributed by atoms with Crippen LogP contribution in [-0.2, 0) is 6.54 Å². The van der Waals surface area contributed by atoms with Crippen LogP contribution in [0.2, 0.25) is 0 Å². The molecule has 1 N–H and O–H groups in total. The highest BCUT2D eigenvalue weighted by atomic mass is 19.4. The number of aliphatic hydroxyl groups is 1. The van der Waals surface area contributed by atoms with Gasteiger partial charge in [-0.15, -0.1) is 0 Å². The minimum atomic E-state index is -4.67. The number of aromatic nitrogens is 4. The molecule has 1 aromatic carbocycles. The van der Waals surface area contributed by atoms with Crippen LogP contribution in [-0.4, -0.2) is 37.1 Å². The molecule has 0 amide bonds. The van der Waals surface area contributed by atoms with E-state index in [0.717, 1.165) is 27.2 Å². The second kappa shape index (κ2) is 6.64. The summed E-state index contributed by atoms with van der Waals surface area (Å²) in [5.74, 6) is 0. The van der Waals surface area contributed by atoms with Gasteiger partial charge in [0.2, 0.25) is 0 Å². The van der Waals surface area contributed by atoms with Crippen LogP contribution in [0.3, 0.4) is 0 Å². The van der Waals surface area contributed by atoms with E-state index in [4.69, 9.17) is 5.11 Å². The molecule has 0 saturated carbocycles. The summed E-state index contributed by atoms with van der Waals surface area (Å²) in [6.07, 6.45) is -2.51. The molecular weight excluding hydrogens is 333 g/mol. The maximum atomic E-state index is 12.4. The zero-order valence-corrected chi connectivity index (χ0v) is 13.3. The van der Waals surface area contributed by atoms with Crippen LogP contribution in [0.5, 0.6) is 0 Å². The van der Waals surface area contributed by atoms with Gasteiger partial charge >= 0.3 is 6.18 Å². The molecule has 2 aromatic heterocycles. The lowest BCUT2D eigenvalue weighted by Gasteiger charge is -2.14. The summed E-state index contributed by atoms with van der Waals surface area (Å²) >= 11 is 0. The average Bonchev–Trinajstić information content (AvgIpc) is 3.03. The summed E-state index contributed by atoms with van der Waals surface area (Å²) in [7, 11) is 0. The Bertz CT molecular complexity index is 876. The van der Waals surface area contributed by atoms with Gasteiger partial charge in [0, 0.05) is 29.7 Å². The predicted molar refractivity (Wildman–Crippen MR) is 85.5 cm³/mol. The van der Waals surface area contributed by atoms with E-state index in [2.05, 4.69) is 15.1 Å². The quantitative estimate of drug-likeness (QED) is 0.786. The van der Waals surface area contributed by atoms with E-state index in [9.17, 15) is 13.2 Å². The Labute approximate surface area is 141 Å². The van der Waals surface area contributed by atoms with E-state index in [1.54, 1.807) is 18.5 Å². The van der Waals surface area contributed by atoms with Gasteiger partial charge in [0.15, 0.2) is 6.10 Å². The Morgan fingerprint density at radius 3 is 2.56 bits per heavy atom. The van der Waals surface area contributed by atoms with Gasteiger partial charge < -0.3 is 5.11 Å². The summed E-state index contributed by atoms with van der Waals surface area (Å²) in [4.78, 5) is 8.51. The van der Waals surface area contributed by atoms with Gasteiger partial charge in [-0.2, -0.15) is 18.3 Å². The molecule has 0 saturated heterocycles. The lowest BCUT2D eigenvalue weighted by Crippen LogP contribution is -2.32. The van der Waals surface area contributed by atoms with Crippen molar-refractivity contribution in [3.63, 3.8) is 0 Å². The van der Waals surface area contributed by atoms with Crippen molar-refractivity contribution >= 4 is 0 Å². The number of nitrogens with zero attached hydrogens (tertiary/aromatic N) is 4. The molecular formula is C17H15F3N4O. The van der Waals surface area contributed by atoms with Gasteiger partial charge in [-0.05, 0) is 19.1 Å². The summed E-state index contributed by atoms with van der Waals surface area (Å²) in [6.45, 7) is 1.20. The topological polar surface area (TPSA) is 63.8 Å². The summed E-state index contributed by atoms with van der Waals surface area (Å²) in [6, 6.07) is 8.96. The first-order valence-electron chi connectivity index (χ1n) is 7.51. The SMILES string of the molecule is Cc1nccnc1-c1cccc(-c2ccn(CC(O)C(F)(F)F)n2)c1. The van der Waals surface area contributed by atoms with E-state index >= 15 is 0 Å². The number of aryl methyl sites for hydroxylation is 1. The van der Waals surface area contributed by atoms with Crippen molar-refractivity contribution in [2.45, 2.75) is 25.7 Å². The normalized spacial score (nSPS) is 13.0. The molecule has 1 unspecified atom stereocenters. The Morgan fingerprint density at radius 2 is 1.84 bits per heavy atom. The van der Waals surface area contributed by atoms with Gasteiger partial charge in [0.05, 0.1) is 23.6 Å². The largest absolute Gasteiger partial charge is 0.416 e. The summed E-state index contributed by atoms with van der Waals surface area (Å²) in [5, 5.41) is 13.3. The molecule has 5 nitrogen and oxygen atoms in total. The number of hydrogen-bond donors (Lipinski definition) is 1. The monoisotopic (exact) mass is 348 g/mol. The fourth-order valence-corrected chi connectivity index (χ4v) is 2.41. The van der Waals surface area contributed by atoms with E-state index in [1.165, 1.54) is 6.20 Å². The molecule has 3 rings (SSSR count).